The number of carbonyl (C=O) groups is 1. The maximum atomic E-state index is 11.1. The Hall–Kier alpha value is -2.09. The molecular formula is C8H7N3O2. The molecule has 0 saturated heterocycles. The molecule has 0 aliphatic rings. The Bertz CT molecular complexity index is 381. The monoisotopic (exact) mass is 177 g/mol. The van der Waals surface area contributed by atoms with Crippen molar-refractivity contribution in [3.63, 3.8) is 0 Å². The predicted octanol–water partition coefficient (Wildman–Crippen LogP) is 0.322. The molecule has 5 nitrogen and oxygen atoms in total. The Morgan fingerprint density at radius 2 is 2.38 bits per heavy atom. The maximum Gasteiger partial charge on any atom is 0.340 e. The van der Waals surface area contributed by atoms with Crippen LogP contribution in [0.15, 0.2) is 12.1 Å². The van der Waals surface area contributed by atoms with Crippen LogP contribution in [0.5, 0.6) is 0 Å². The second-order valence-electron chi connectivity index (χ2n) is 2.24. The van der Waals surface area contributed by atoms with Crippen LogP contribution in [-0.4, -0.2) is 18.1 Å². The van der Waals surface area contributed by atoms with Crippen molar-refractivity contribution in [2.75, 3.05) is 12.8 Å². The third-order valence-electron chi connectivity index (χ3n) is 1.43. The number of nitriles is 1. The number of nitrogen functional groups attached to an aromatic ring is 1. The summed E-state index contributed by atoms with van der Waals surface area (Å²) in [5, 5.41) is 8.61. The second kappa shape index (κ2) is 3.54. The van der Waals surface area contributed by atoms with Crippen LogP contribution in [0.1, 0.15) is 16.1 Å². The lowest BCUT2D eigenvalue weighted by molar-refractivity contribution is 0.0600. The van der Waals surface area contributed by atoms with Gasteiger partial charge in [0.2, 0.25) is 0 Å². The normalized spacial score (nSPS) is 8.92. The zero-order chi connectivity index (χ0) is 9.84. The van der Waals surface area contributed by atoms with E-state index in [1.54, 1.807) is 6.07 Å². The van der Waals surface area contributed by atoms with Gasteiger partial charge in [0.05, 0.1) is 12.7 Å². The Morgan fingerprint density at radius 3 is 2.92 bits per heavy atom. The molecule has 0 fully saturated rings. The van der Waals surface area contributed by atoms with Crippen molar-refractivity contribution in [2.45, 2.75) is 0 Å². The van der Waals surface area contributed by atoms with Gasteiger partial charge in [0.25, 0.3) is 0 Å². The van der Waals surface area contributed by atoms with Gasteiger partial charge in [0.1, 0.15) is 11.9 Å². The van der Waals surface area contributed by atoms with Gasteiger partial charge in [-0.05, 0) is 12.1 Å². The van der Waals surface area contributed by atoms with E-state index in [-0.39, 0.29) is 17.1 Å². The number of anilines is 1. The Morgan fingerprint density at radius 1 is 1.69 bits per heavy atom. The number of nitrogens with zero attached hydrogens (tertiary/aromatic N) is 2. The van der Waals surface area contributed by atoms with Crippen molar-refractivity contribution in [3.8, 4) is 6.07 Å². The van der Waals surface area contributed by atoms with Crippen LogP contribution in [0.3, 0.4) is 0 Å². The minimum absolute atomic E-state index is 0.0214. The number of pyridine rings is 1. The summed E-state index contributed by atoms with van der Waals surface area (Å²) in [6, 6.07) is 4.61. The van der Waals surface area contributed by atoms with Gasteiger partial charge in [-0.2, -0.15) is 5.26 Å². The molecule has 0 radical (unpaired) electrons. The summed E-state index contributed by atoms with van der Waals surface area (Å²) < 4.78 is 4.45. The highest BCUT2D eigenvalue weighted by Crippen LogP contribution is 2.08. The second-order valence-corrected chi connectivity index (χ2v) is 2.24. The molecule has 1 aromatic rings. The van der Waals surface area contributed by atoms with E-state index in [0.29, 0.717) is 0 Å². The van der Waals surface area contributed by atoms with Crippen molar-refractivity contribution >= 4 is 11.8 Å². The van der Waals surface area contributed by atoms with E-state index in [1.807, 2.05) is 0 Å². The van der Waals surface area contributed by atoms with Crippen molar-refractivity contribution in [1.82, 2.24) is 4.98 Å². The molecule has 1 rings (SSSR count). The van der Waals surface area contributed by atoms with Crippen molar-refractivity contribution in [2.24, 2.45) is 0 Å². The van der Waals surface area contributed by atoms with Crippen LogP contribution in [0.25, 0.3) is 0 Å². The molecule has 0 saturated carbocycles. The highest BCUT2D eigenvalue weighted by Gasteiger charge is 2.12. The number of esters is 1. The van der Waals surface area contributed by atoms with E-state index in [4.69, 9.17) is 11.0 Å². The van der Waals surface area contributed by atoms with Crippen molar-refractivity contribution in [3.05, 3.63) is 23.4 Å². The molecule has 0 unspecified atom stereocenters. The first-order chi connectivity index (χ1) is 6.19. The molecule has 0 aromatic carbocycles. The zero-order valence-corrected chi connectivity index (χ0v) is 6.94. The highest BCUT2D eigenvalue weighted by atomic mass is 16.5. The van der Waals surface area contributed by atoms with Gasteiger partial charge in [-0.1, -0.05) is 0 Å². The van der Waals surface area contributed by atoms with Crippen molar-refractivity contribution in [1.29, 1.82) is 5.26 Å². The van der Waals surface area contributed by atoms with Gasteiger partial charge >= 0.3 is 5.97 Å². The predicted molar refractivity (Wildman–Crippen MR) is 44.7 cm³/mol. The van der Waals surface area contributed by atoms with E-state index in [0.717, 1.165) is 0 Å². The summed E-state index contributed by atoms with van der Waals surface area (Å²) in [7, 11) is 1.24. The average molecular weight is 177 g/mol. The number of hydrogen-bond donors (Lipinski definition) is 1. The summed E-state index contributed by atoms with van der Waals surface area (Å²) in [4.78, 5) is 14.7. The number of ether oxygens (including phenoxy) is 1. The number of rotatable bonds is 1. The lowest BCUT2D eigenvalue weighted by Gasteiger charge is -2.00. The summed E-state index contributed by atoms with van der Waals surface area (Å²) in [6.45, 7) is 0. The average Bonchev–Trinajstić information content (AvgIpc) is 2.16. The highest BCUT2D eigenvalue weighted by molar-refractivity contribution is 5.91. The van der Waals surface area contributed by atoms with Gasteiger partial charge < -0.3 is 10.5 Å². The molecular weight excluding hydrogens is 170 g/mol. The molecule has 2 N–H and O–H groups in total. The van der Waals surface area contributed by atoms with E-state index in [2.05, 4.69) is 9.72 Å². The summed E-state index contributed by atoms with van der Waals surface area (Å²) in [5.41, 5.74) is 5.43. The minimum atomic E-state index is -0.593. The molecule has 0 aliphatic carbocycles. The van der Waals surface area contributed by atoms with Gasteiger partial charge in [-0.25, -0.2) is 9.78 Å². The molecule has 66 valence electrons. The lowest BCUT2D eigenvalue weighted by Crippen LogP contribution is -2.06. The minimum Gasteiger partial charge on any atom is -0.465 e. The zero-order valence-electron chi connectivity index (χ0n) is 6.94. The van der Waals surface area contributed by atoms with Gasteiger partial charge in [-0.3, -0.25) is 0 Å². The quantitative estimate of drug-likeness (QED) is 0.624. The molecule has 0 bridgehead atoms. The fourth-order valence-corrected chi connectivity index (χ4v) is 0.834. The summed E-state index contributed by atoms with van der Waals surface area (Å²) in [5.74, 6) is -0.395. The van der Waals surface area contributed by atoms with Crippen LogP contribution in [0.2, 0.25) is 0 Å². The van der Waals surface area contributed by atoms with Crippen LogP contribution in [0, 0.1) is 11.3 Å². The molecule has 0 spiro atoms. The molecule has 1 aromatic heterocycles. The van der Waals surface area contributed by atoms with Crippen LogP contribution >= 0.6 is 0 Å². The topological polar surface area (TPSA) is 89.0 Å². The number of aromatic nitrogens is 1. The van der Waals surface area contributed by atoms with Crippen molar-refractivity contribution < 1.29 is 9.53 Å². The number of carbonyl (C=O) groups excluding carboxylic acids is 1. The summed E-state index contributed by atoms with van der Waals surface area (Å²) >= 11 is 0. The third kappa shape index (κ3) is 1.73. The molecule has 0 amide bonds. The SMILES string of the molecule is COC(=O)c1ccc(N)nc1C#N. The molecule has 13 heavy (non-hydrogen) atoms. The molecule has 5 heteroatoms. The smallest absolute Gasteiger partial charge is 0.340 e. The van der Waals surface area contributed by atoms with E-state index in [9.17, 15) is 4.79 Å². The number of methoxy groups -OCH3 is 1. The first kappa shape index (κ1) is 9.00. The van der Waals surface area contributed by atoms with Gasteiger partial charge in [-0.15, -0.1) is 0 Å². The van der Waals surface area contributed by atoms with Crippen LogP contribution in [-0.2, 0) is 4.74 Å². The Balaban J connectivity index is 3.23. The maximum absolute atomic E-state index is 11.1. The molecule has 0 aliphatic heterocycles. The summed E-state index contributed by atoms with van der Waals surface area (Å²) in [6.07, 6.45) is 0. The first-order valence-electron chi connectivity index (χ1n) is 3.44. The van der Waals surface area contributed by atoms with Gasteiger partial charge in [0, 0.05) is 0 Å². The first-order valence-corrected chi connectivity index (χ1v) is 3.44. The number of nitrogens with two attached hydrogens (primary N) is 1. The van der Waals surface area contributed by atoms with Crippen LogP contribution in [0.4, 0.5) is 5.82 Å². The van der Waals surface area contributed by atoms with E-state index < -0.39 is 5.97 Å². The molecule has 1 heterocycles. The third-order valence-corrected chi connectivity index (χ3v) is 1.43. The fourth-order valence-electron chi connectivity index (χ4n) is 0.834. The van der Waals surface area contributed by atoms with Gasteiger partial charge in [0.15, 0.2) is 5.69 Å². The van der Waals surface area contributed by atoms with Crippen LogP contribution < -0.4 is 5.73 Å². The Labute approximate surface area is 74.8 Å². The fraction of sp³-hybridized carbons (Fsp3) is 0.125. The Kier molecular flexibility index (Phi) is 2.45. The largest absolute Gasteiger partial charge is 0.465 e. The molecule has 0 atom stereocenters. The standard InChI is InChI=1S/C8H7N3O2/c1-13-8(12)5-2-3-7(10)11-6(5)4-9/h2-3H,1H3,(H2,10,11). The number of hydrogen-bond acceptors (Lipinski definition) is 5. The van der Waals surface area contributed by atoms with E-state index in [1.165, 1.54) is 19.2 Å². The lowest BCUT2D eigenvalue weighted by atomic mass is 10.2. The van der Waals surface area contributed by atoms with E-state index >= 15 is 0 Å².